The smallest absolute Gasteiger partial charge is 0.244 e. The molecule has 0 bridgehead atoms. The van der Waals surface area contributed by atoms with Crippen LogP contribution in [0.25, 0.3) is 0 Å². The minimum Gasteiger partial charge on any atom is -0.375 e. The summed E-state index contributed by atoms with van der Waals surface area (Å²) >= 11 is 0. The zero-order valence-electron chi connectivity index (χ0n) is 11.2. The Morgan fingerprint density at radius 1 is 1.42 bits per heavy atom. The van der Waals surface area contributed by atoms with Gasteiger partial charge in [-0.05, 0) is 19.4 Å². The van der Waals surface area contributed by atoms with Crippen LogP contribution in [0.1, 0.15) is 25.3 Å². The maximum Gasteiger partial charge on any atom is 0.244 e. The van der Waals surface area contributed by atoms with E-state index in [1.165, 1.54) is 0 Å². The number of morpholine rings is 1. The van der Waals surface area contributed by atoms with Crippen LogP contribution in [-0.4, -0.2) is 36.1 Å². The van der Waals surface area contributed by atoms with Gasteiger partial charge in [0.25, 0.3) is 0 Å². The fraction of sp³-hybridized carbons (Fsp3) is 0.467. The molecular formula is C15H18N2O2. The van der Waals surface area contributed by atoms with Crippen molar-refractivity contribution in [1.82, 2.24) is 4.90 Å². The second-order valence-electron chi connectivity index (χ2n) is 4.96. The van der Waals surface area contributed by atoms with Gasteiger partial charge >= 0.3 is 0 Å². The van der Waals surface area contributed by atoms with Crippen LogP contribution in [0.3, 0.4) is 0 Å². The van der Waals surface area contributed by atoms with Crippen molar-refractivity contribution < 1.29 is 9.53 Å². The summed E-state index contributed by atoms with van der Waals surface area (Å²) in [6.07, 6.45) is 0.0234. The van der Waals surface area contributed by atoms with E-state index in [1.54, 1.807) is 4.90 Å². The molecule has 0 N–H and O–H groups in total. The van der Waals surface area contributed by atoms with Crippen LogP contribution in [0.15, 0.2) is 30.3 Å². The van der Waals surface area contributed by atoms with E-state index in [0.717, 1.165) is 5.56 Å². The van der Waals surface area contributed by atoms with Crippen LogP contribution in [-0.2, 0) is 9.53 Å². The lowest BCUT2D eigenvalue weighted by Gasteiger charge is -2.37. The summed E-state index contributed by atoms with van der Waals surface area (Å²) in [5.74, 6) is -0.856. The maximum absolute atomic E-state index is 12.5. The summed E-state index contributed by atoms with van der Waals surface area (Å²) in [6.45, 7) is 4.96. The fourth-order valence-corrected chi connectivity index (χ4v) is 2.29. The van der Waals surface area contributed by atoms with E-state index in [4.69, 9.17) is 4.74 Å². The van der Waals surface area contributed by atoms with E-state index in [1.807, 2.05) is 44.2 Å². The van der Waals surface area contributed by atoms with Crippen LogP contribution in [0.5, 0.6) is 0 Å². The van der Waals surface area contributed by atoms with Crippen LogP contribution < -0.4 is 0 Å². The van der Waals surface area contributed by atoms with Crippen molar-refractivity contribution in [1.29, 1.82) is 5.26 Å². The average molecular weight is 258 g/mol. The van der Waals surface area contributed by atoms with Crippen molar-refractivity contribution >= 4 is 5.91 Å². The minimum atomic E-state index is -0.728. The Morgan fingerprint density at radius 2 is 2.11 bits per heavy atom. The number of amides is 1. The van der Waals surface area contributed by atoms with E-state index in [0.29, 0.717) is 13.2 Å². The lowest BCUT2D eigenvalue weighted by Crippen LogP contribution is -2.51. The van der Waals surface area contributed by atoms with E-state index in [9.17, 15) is 10.1 Å². The molecule has 1 saturated heterocycles. The molecule has 3 atom stereocenters. The molecule has 0 saturated carbocycles. The van der Waals surface area contributed by atoms with Crippen LogP contribution >= 0.6 is 0 Å². The van der Waals surface area contributed by atoms with Gasteiger partial charge in [0.2, 0.25) is 5.91 Å². The Hall–Kier alpha value is -1.86. The molecule has 1 heterocycles. The Kier molecular flexibility index (Phi) is 4.18. The van der Waals surface area contributed by atoms with Crippen molar-refractivity contribution in [2.24, 2.45) is 0 Å². The van der Waals surface area contributed by atoms with Gasteiger partial charge in [-0.1, -0.05) is 30.3 Å². The Balaban J connectivity index is 2.19. The van der Waals surface area contributed by atoms with E-state index >= 15 is 0 Å². The highest BCUT2D eigenvalue weighted by atomic mass is 16.5. The molecule has 100 valence electrons. The number of rotatable bonds is 2. The van der Waals surface area contributed by atoms with Gasteiger partial charge in [-0.15, -0.1) is 0 Å². The van der Waals surface area contributed by atoms with Gasteiger partial charge in [0.15, 0.2) is 0 Å². The second kappa shape index (κ2) is 5.85. The molecule has 1 fully saturated rings. The van der Waals surface area contributed by atoms with Gasteiger partial charge < -0.3 is 9.64 Å². The van der Waals surface area contributed by atoms with Gasteiger partial charge in [-0.3, -0.25) is 4.79 Å². The summed E-state index contributed by atoms with van der Waals surface area (Å²) in [5.41, 5.74) is 0.751. The van der Waals surface area contributed by atoms with E-state index in [2.05, 4.69) is 6.07 Å². The largest absolute Gasteiger partial charge is 0.375 e. The SMILES string of the molecule is CC1CN(C(=O)C(C#N)c2ccccc2)C(C)CO1. The van der Waals surface area contributed by atoms with Crippen LogP contribution in [0.4, 0.5) is 0 Å². The van der Waals surface area contributed by atoms with Crippen molar-refractivity contribution in [2.75, 3.05) is 13.2 Å². The first-order chi connectivity index (χ1) is 9.13. The number of benzene rings is 1. The normalized spacial score (nSPS) is 24.6. The van der Waals surface area contributed by atoms with Gasteiger partial charge in [0, 0.05) is 6.54 Å². The Bertz CT molecular complexity index is 481. The molecule has 3 unspecified atom stereocenters. The highest BCUT2D eigenvalue weighted by Crippen LogP contribution is 2.21. The summed E-state index contributed by atoms with van der Waals surface area (Å²) in [7, 11) is 0. The number of carbonyl (C=O) groups excluding carboxylic acids is 1. The zero-order chi connectivity index (χ0) is 13.8. The maximum atomic E-state index is 12.5. The standard InChI is InChI=1S/C15H18N2O2/c1-11-10-19-12(2)9-17(11)15(18)14(8-16)13-6-4-3-5-7-13/h3-7,11-12,14H,9-10H2,1-2H3. The van der Waals surface area contributed by atoms with Crippen molar-refractivity contribution in [3.05, 3.63) is 35.9 Å². The van der Waals surface area contributed by atoms with Crippen molar-refractivity contribution in [2.45, 2.75) is 31.9 Å². The number of carbonyl (C=O) groups is 1. The Labute approximate surface area is 113 Å². The molecule has 0 spiro atoms. The molecule has 0 aromatic heterocycles. The molecule has 1 amide bonds. The van der Waals surface area contributed by atoms with E-state index < -0.39 is 5.92 Å². The van der Waals surface area contributed by atoms with Gasteiger partial charge in [0.05, 0.1) is 24.8 Å². The second-order valence-corrected chi connectivity index (χ2v) is 4.96. The van der Waals surface area contributed by atoms with Crippen molar-refractivity contribution in [3.63, 3.8) is 0 Å². The van der Waals surface area contributed by atoms with E-state index in [-0.39, 0.29) is 18.1 Å². The molecule has 0 aliphatic carbocycles. The monoisotopic (exact) mass is 258 g/mol. The minimum absolute atomic E-state index is 0.0169. The Morgan fingerprint density at radius 3 is 2.74 bits per heavy atom. The quantitative estimate of drug-likeness (QED) is 0.814. The summed E-state index contributed by atoms with van der Waals surface area (Å²) in [6, 6.07) is 11.3. The third kappa shape index (κ3) is 2.94. The lowest BCUT2D eigenvalue weighted by molar-refractivity contribution is -0.143. The highest BCUT2D eigenvalue weighted by Gasteiger charge is 2.32. The summed E-state index contributed by atoms with van der Waals surface area (Å²) in [4.78, 5) is 14.3. The molecule has 1 aromatic carbocycles. The third-order valence-corrected chi connectivity index (χ3v) is 3.40. The molecular weight excluding hydrogens is 240 g/mol. The zero-order valence-corrected chi connectivity index (χ0v) is 11.2. The fourth-order valence-electron chi connectivity index (χ4n) is 2.29. The number of hydrogen-bond donors (Lipinski definition) is 0. The molecule has 1 aromatic rings. The third-order valence-electron chi connectivity index (χ3n) is 3.40. The van der Waals surface area contributed by atoms with Gasteiger partial charge in [0.1, 0.15) is 5.92 Å². The topological polar surface area (TPSA) is 53.3 Å². The van der Waals surface area contributed by atoms with Crippen LogP contribution in [0.2, 0.25) is 0 Å². The molecule has 4 heteroatoms. The predicted octanol–water partition coefficient (Wildman–Crippen LogP) is 1.93. The number of hydrogen-bond acceptors (Lipinski definition) is 3. The predicted molar refractivity (Wildman–Crippen MR) is 71.4 cm³/mol. The number of nitrogens with zero attached hydrogens (tertiary/aromatic N) is 2. The molecule has 1 aliphatic heterocycles. The number of nitriles is 1. The molecule has 0 radical (unpaired) electrons. The first kappa shape index (κ1) is 13.6. The van der Waals surface area contributed by atoms with Gasteiger partial charge in [-0.25, -0.2) is 0 Å². The first-order valence-electron chi connectivity index (χ1n) is 6.50. The van der Waals surface area contributed by atoms with Gasteiger partial charge in [-0.2, -0.15) is 5.26 Å². The average Bonchev–Trinajstić information content (AvgIpc) is 2.43. The van der Waals surface area contributed by atoms with Crippen LogP contribution in [0, 0.1) is 11.3 Å². The first-order valence-corrected chi connectivity index (χ1v) is 6.50. The molecule has 1 aliphatic rings. The summed E-state index contributed by atoms with van der Waals surface area (Å²) < 4.78 is 5.51. The summed E-state index contributed by atoms with van der Waals surface area (Å²) in [5, 5.41) is 9.30. The number of ether oxygens (including phenoxy) is 1. The molecule has 4 nitrogen and oxygen atoms in total. The highest BCUT2D eigenvalue weighted by molar-refractivity contribution is 5.86. The molecule has 19 heavy (non-hydrogen) atoms. The molecule has 2 rings (SSSR count). The lowest BCUT2D eigenvalue weighted by atomic mass is 9.98. The van der Waals surface area contributed by atoms with Crippen molar-refractivity contribution in [3.8, 4) is 6.07 Å².